The summed E-state index contributed by atoms with van der Waals surface area (Å²) in [4.78, 5) is 14.4. The molecular formula is C13H17NO. The Morgan fingerprint density at radius 3 is 2.67 bits per heavy atom. The van der Waals surface area contributed by atoms with E-state index in [4.69, 9.17) is 0 Å². The van der Waals surface area contributed by atoms with Gasteiger partial charge in [-0.1, -0.05) is 25.5 Å². The number of Topliss-reactive ketones (excluding diaryl/α,β-unsaturated/α-hetero) is 1. The lowest BCUT2D eigenvalue weighted by Crippen LogP contribution is -2.42. The molecule has 1 aliphatic rings. The van der Waals surface area contributed by atoms with E-state index >= 15 is 0 Å². The van der Waals surface area contributed by atoms with Crippen LogP contribution in [-0.4, -0.2) is 19.4 Å². The number of benzene rings is 1. The number of fused-ring (bicyclic) bond motifs is 1. The molecule has 0 amide bonds. The zero-order chi connectivity index (χ0) is 11.2. The molecule has 1 aliphatic heterocycles. The Balaban J connectivity index is 2.60. The van der Waals surface area contributed by atoms with E-state index in [1.165, 1.54) is 0 Å². The van der Waals surface area contributed by atoms with Crippen LogP contribution in [0.3, 0.4) is 0 Å². The minimum Gasteiger partial charge on any atom is -0.373 e. The van der Waals surface area contributed by atoms with E-state index in [1.54, 1.807) is 0 Å². The number of hydrogen-bond acceptors (Lipinski definition) is 2. The number of carbonyl (C=O) groups is 1. The minimum atomic E-state index is -0.268. The Labute approximate surface area is 90.9 Å². The number of hydrogen-bond donors (Lipinski definition) is 0. The first kappa shape index (κ1) is 10.2. The van der Waals surface area contributed by atoms with Gasteiger partial charge in [-0.2, -0.15) is 0 Å². The summed E-state index contributed by atoms with van der Waals surface area (Å²) >= 11 is 0. The van der Waals surface area contributed by atoms with Crippen molar-refractivity contribution in [2.75, 3.05) is 18.5 Å². The number of carbonyl (C=O) groups excluding carboxylic acids is 1. The van der Waals surface area contributed by atoms with Crippen LogP contribution in [0.5, 0.6) is 0 Å². The summed E-state index contributed by atoms with van der Waals surface area (Å²) in [6, 6.07) is 6.09. The fourth-order valence-electron chi connectivity index (χ4n) is 2.28. The van der Waals surface area contributed by atoms with Crippen LogP contribution in [0.4, 0.5) is 5.69 Å². The van der Waals surface area contributed by atoms with Gasteiger partial charge in [-0.3, -0.25) is 4.79 Å². The van der Waals surface area contributed by atoms with Crippen LogP contribution >= 0.6 is 0 Å². The maximum Gasteiger partial charge on any atom is 0.172 e. The highest BCUT2D eigenvalue weighted by Gasteiger charge is 2.36. The van der Waals surface area contributed by atoms with Crippen LogP contribution in [0.1, 0.15) is 29.8 Å². The average molecular weight is 203 g/mol. The van der Waals surface area contributed by atoms with Crippen molar-refractivity contribution in [2.45, 2.75) is 20.8 Å². The van der Waals surface area contributed by atoms with Gasteiger partial charge in [0, 0.05) is 30.3 Å². The van der Waals surface area contributed by atoms with Crippen LogP contribution in [0.15, 0.2) is 18.2 Å². The molecule has 2 rings (SSSR count). The van der Waals surface area contributed by atoms with Crippen molar-refractivity contribution in [3.63, 3.8) is 0 Å². The molecule has 0 saturated heterocycles. The maximum absolute atomic E-state index is 12.2. The van der Waals surface area contributed by atoms with Gasteiger partial charge < -0.3 is 4.90 Å². The molecule has 0 aromatic heterocycles. The minimum absolute atomic E-state index is 0.263. The molecule has 0 radical (unpaired) electrons. The molecule has 15 heavy (non-hydrogen) atoms. The summed E-state index contributed by atoms with van der Waals surface area (Å²) in [5.74, 6) is 0.263. The van der Waals surface area contributed by atoms with Crippen LogP contribution in [0.25, 0.3) is 0 Å². The lowest BCUT2D eigenvalue weighted by atomic mass is 9.79. The predicted octanol–water partition coefficient (Wildman–Crippen LogP) is 2.65. The molecule has 0 fully saturated rings. The molecule has 1 aromatic rings. The molecule has 80 valence electrons. The number of aryl methyl sites for hydroxylation is 1. The van der Waals surface area contributed by atoms with Gasteiger partial charge in [-0.05, 0) is 19.1 Å². The van der Waals surface area contributed by atoms with E-state index in [-0.39, 0.29) is 11.2 Å². The molecule has 0 N–H and O–H groups in total. The second-order valence-electron chi connectivity index (χ2n) is 5.09. The molecule has 0 bridgehead atoms. The average Bonchev–Trinajstić information content (AvgIpc) is 2.13. The van der Waals surface area contributed by atoms with Crippen molar-refractivity contribution < 1.29 is 4.79 Å². The molecule has 0 unspecified atom stereocenters. The first-order valence-corrected chi connectivity index (χ1v) is 5.28. The van der Waals surface area contributed by atoms with Gasteiger partial charge in [0.15, 0.2) is 5.78 Å². The highest BCUT2D eigenvalue weighted by Crippen LogP contribution is 2.35. The quantitative estimate of drug-likeness (QED) is 0.646. The molecule has 2 heteroatoms. The van der Waals surface area contributed by atoms with E-state index in [1.807, 2.05) is 40.0 Å². The Bertz CT molecular complexity index is 421. The Hall–Kier alpha value is -1.31. The van der Waals surface area contributed by atoms with Crippen molar-refractivity contribution in [1.29, 1.82) is 0 Å². The molecule has 2 nitrogen and oxygen atoms in total. The third-order valence-corrected chi connectivity index (χ3v) is 3.06. The Kier molecular flexibility index (Phi) is 2.10. The number of ketones is 1. The summed E-state index contributed by atoms with van der Waals surface area (Å²) in [7, 11) is 2.04. The van der Waals surface area contributed by atoms with Gasteiger partial charge in [0.05, 0.1) is 0 Å². The zero-order valence-corrected chi connectivity index (χ0v) is 9.79. The summed E-state index contributed by atoms with van der Waals surface area (Å²) in [6.07, 6.45) is 0. The Morgan fingerprint density at radius 1 is 1.33 bits per heavy atom. The van der Waals surface area contributed by atoms with E-state index in [0.29, 0.717) is 0 Å². The van der Waals surface area contributed by atoms with Crippen molar-refractivity contribution >= 4 is 11.5 Å². The first-order chi connectivity index (χ1) is 6.92. The Morgan fingerprint density at radius 2 is 2.00 bits per heavy atom. The topological polar surface area (TPSA) is 20.3 Å². The third-order valence-electron chi connectivity index (χ3n) is 3.06. The summed E-state index contributed by atoms with van der Waals surface area (Å²) in [5.41, 5.74) is 2.81. The van der Waals surface area contributed by atoms with Gasteiger partial charge in [-0.25, -0.2) is 0 Å². The van der Waals surface area contributed by atoms with E-state index in [0.717, 1.165) is 23.4 Å². The molecule has 0 aliphatic carbocycles. The van der Waals surface area contributed by atoms with E-state index in [9.17, 15) is 4.79 Å². The fraction of sp³-hybridized carbons (Fsp3) is 0.462. The van der Waals surface area contributed by atoms with Crippen LogP contribution in [-0.2, 0) is 0 Å². The highest BCUT2D eigenvalue weighted by molar-refractivity contribution is 6.06. The SMILES string of the molecule is Cc1ccc2c(c1)C(=O)C(C)(C)CN2C. The summed E-state index contributed by atoms with van der Waals surface area (Å²) in [5, 5.41) is 0. The second kappa shape index (κ2) is 3.09. The lowest BCUT2D eigenvalue weighted by molar-refractivity contribution is 0.0836. The van der Waals surface area contributed by atoms with E-state index < -0.39 is 0 Å². The van der Waals surface area contributed by atoms with E-state index in [2.05, 4.69) is 11.0 Å². The largest absolute Gasteiger partial charge is 0.373 e. The molecule has 0 atom stereocenters. The van der Waals surface area contributed by atoms with Crippen molar-refractivity contribution in [3.8, 4) is 0 Å². The molecule has 0 saturated carbocycles. The smallest absolute Gasteiger partial charge is 0.172 e. The number of nitrogens with zero attached hydrogens (tertiary/aromatic N) is 1. The lowest BCUT2D eigenvalue weighted by Gasteiger charge is -2.37. The molecule has 1 heterocycles. The van der Waals surface area contributed by atoms with Crippen molar-refractivity contribution in [3.05, 3.63) is 29.3 Å². The van der Waals surface area contributed by atoms with Gasteiger partial charge in [0.25, 0.3) is 0 Å². The zero-order valence-electron chi connectivity index (χ0n) is 9.79. The summed E-state index contributed by atoms with van der Waals surface area (Å²) < 4.78 is 0. The molecule has 0 spiro atoms. The normalized spacial score (nSPS) is 18.9. The van der Waals surface area contributed by atoms with Gasteiger partial charge >= 0.3 is 0 Å². The third kappa shape index (κ3) is 1.54. The predicted molar refractivity (Wildman–Crippen MR) is 62.6 cm³/mol. The number of rotatable bonds is 0. The van der Waals surface area contributed by atoms with Crippen molar-refractivity contribution in [1.82, 2.24) is 0 Å². The second-order valence-corrected chi connectivity index (χ2v) is 5.09. The molecule has 1 aromatic carbocycles. The summed E-state index contributed by atoms with van der Waals surface area (Å²) in [6.45, 7) is 6.84. The monoisotopic (exact) mass is 203 g/mol. The van der Waals surface area contributed by atoms with Gasteiger partial charge in [0.1, 0.15) is 0 Å². The van der Waals surface area contributed by atoms with Crippen molar-refractivity contribution in [2.24, 2.45) is 5.41 Å². The van der Waals surface area contributed by atoms with Gasteiger partial charge in [-0.15, -0.1) is 0 Å². The highest BCUT2D eigenvalue weighted by atomic mass is 16.1. The first-order valence-electron chi connectivity index (χ1n) is 5.28. The molecular weight excluding hydrogens is 186 g/mol. The van der Waals surface area contributed by atoms with Crippen LogP contribution in [0.2, 0.25) is 0 Å². The fourth-order valence-corrected chi connectivity index (χ4v) is 2.28. The van der Waals surface area contributed by atoms with Crippen LogP contribution < -0.4 is 4.90 Å². The van der Waals surface area contributed by atoms with Gasteiger partial charge in [0.2, 0.25) is 0 Å². The number of anilines is 1. The van der Waals surface area contributed by atoms with Crippen LogP contribution in [0, 0.1) is 12.3 Å². The maximum atomic E-state index is 12.2. The standard InChI is InChI=1S/C13H17NO/c1-9-5-6-11-10(7-9)12(15)13(2,3)8-14(11)4/h5-7H,8H2,1-4H3.